The molecule has 0 aliphatic rings. The number of nitrogens with zero attached hydrogens (tertiary/aromatic N) is 1. The van der Waals surface area contributed by atoms with Crippen molar-refractivity contribution >= 4 is 17.3 Å². The van der Waals surface area contributed by atoms with Crippen LogP contribution in [0.2, 0.25) is 0 Å². The van der Waals surface area contributed by atoms with Gasteiger partial charge in [-0.05, 0) is 18.6 Å². The topological polar surface area (TPSA) is 34.2 Å². The van der Waals surface area contributed by atoms with Crippen LogP contribution in [0.5, 0.6) is 0 Å². The molecule has 0 radical (unpaired) electrons. The summed E-state index contributed by atoms with van der Waals surface area (Å²) in [6.45, 7) is 4.10. The fourth-order valence-corrected chi connectivity index (χ4v) is 1.20. The van der Waals surface area contributed by atoms with E-state index in [0.29, 0.717) is 19.1 Å². The summed E-state index contributed by atoms with van der Waals surface area (Å²) in [5.41, 5.74) is 2.25. The molecule has 1 aromatic rings. The van der Waals surface area contributed by atoms with Gasteiger partial charge in [-0.15, -0.1) is 11.6 Å². The number of hydrogen-bond donors (Lipinski definition) is 1. The smallest absolute Gasteiger partial charge is 0.0639 e. The zero-order chi connectivity index (χ0) is 10.2. The highest BCUT2D eigenvalue weighted by Crippen LogP contribution is 2.10. The molecule has 0 aliphatic heterocycles. The third-order valence-corrected chi connectivity index (χ3v) is 1.96. The van der Waals surface area contributed by atoms with Gasteiger partial charge in [0.2, 0.25) is 0 Å². The van der Waals surface area contributed by atoms with Gasteiger partial charge in [-0.3, -0.25) is 4.98 Å². The van der Waals surface area contributed by atoms with Gasteiger partial charge in [-0.2, -0.15) is 0 Å². The molecule has 78 valence electrons. The van der Waals surface area contributed by atoms with Crippen LogP contribution in [0, 0.1) is 6.92 Å². The summed E-state index contributed by atoms with van der Waals surface area (Å²) >= 11 is 5.47. The second-order valence-electron chi connectivity index (χ2n) is 2.92. The average molecular weight is 215 g/mol. The summed E-state index contributed by atoms with van der Waals surface area (Å²) in [5, 5.41) is 3.26. The number of aromatic nitrogens is 1. The zero-order valence-electron chi connectivity index (χ0n) is 8.29. The summed E-state index contributed by atoms with van der Waals surface area (Å²) in [5.74, 6) is 0.550. The van der Waals surface area contributed by atoms with Crippen molar-refractivity contribution < 1.29 is 4.74 Å². The van der Waals surface area contributed by atoms with Gasteiger partial charge in [-0.25, -0.2) is 0 Å². The largest absolute Gasteiger partial charge is 0.382 e. The fourth-order valence-electron chi connectivity index (χ4n) is 1.09. The molecule has 0 saturated carbocycles. The monoisotopic (exact) mass is 214 g/mol. The molecule has 0 unspecified atom stereocenters. The van der Waals surface area contributed by atoms with E-state index in [2.05, 4.69) is 10.3 Å². The molecule has 1 rings (SSSR count). The summed E-state index contributed by atoms with van der Waals surface area (Å²) in [4.78, 5) is 4.01. The van der Waals surface area contributed by atoms with Crippen LogP contribution in [0.1, 0.15) is 5.56 Å². The fraction of sp³-hybridized carbons (Fsp3) is 0.500. The molecule has 0 amide bonds. The Morgan fingerprint density at radius 3 is 3.07 bits per heavy atom. The Morgan fingerprint density at radius 1 is 1.50 bits per heavy atom. The van der Waals surface area contributed by atoms with E-state index < -0.39 is 0 Å². The van der Waals surface area contributed by atoms with Crippen molar-refractivity contribution in [2.75, 3.05) is 31.0 Å². The highest BCUT2D eigenvalue weighted by molar-refractivity contribution is 6.17. The van der Waals surface area contributed by atoms with Gasteiger partial charge in [0, 0.05) is 30.5 Å². The summed E-state index contributed by atoms with van der Waals surface area (Å²) in [6.07, 6.45) is 3.61. The molecule has 0 fully saturated rings. The highest BCUT2D eigenvalue weighted by Gasteiger charge is 1.95. The Balaban J connectivity index is 2.21. The first-order chi connectivity index (χ1) is 6.84. The molecular weight excluding hydrogens is 200 g/mol. The van der Waals surface area contributed by atoms with Crippen LogP contribution in [0.3, 0.4) is 0 Å². The van der Waals surface area contributed by atoms with E-state index in [1.54, 1.807) is 6.20 Å². The van der Waals surface area contributed by atoms with Gasteiger partial charge >= 0.3 is 0 Å². The molecule has 0 atom stereocenters. The number of halogens is 1. The number of pyridine rings is 1. The minimum absolute atomic E-state index is 0.550. The van der Waals surface area contributed by atoms with Gasteiger partial charge in [0.15, 0.2) is 0 Å². The number of ether oxygens (including phenoxy) is 1. The SMILES string of the molecule is Cc1cnccc1NCCOCCCl. The van der Waals surface area contributed by atoms with Crippen LogP contribution >= 0.6 is 11.6 Å². The molecule has 0 spiro atoms. The van der Waals surface area contributed by atoms with E-state index in [9.17, 15) is 0 Å². The lowest BCUT2D eigenvalue weighted by molar-refractivity contribution is 0.160. The quantitative estimate of drug-likeness (QED) is 0.582. The molecule has 14 heavy (non-hydrogen) atoms. The summed E-state index contributed by atoms with van der Waals surface area (Å²) in [7, 11) is 0. The molecule has 1 heterocycles. The number of alkyl halides is 1. The first-order valence-electron chi connectivity index (χ1n) is 4.63. The molecule has 1 aromatic heterocycles. The van der Waals surface area contributed by atoms with Crippen LogP contribution in [0.25, 0.3) is 0 Å². The molecule has 3 nitrogen and oxygen atoms in total. The molecule has 0 aromatic carbocycles. The Hall–Kier alpha value is -0.800. The Morgan fingerprint density at radius 2 is 2.36 bits per heavy atom. The predicted octanol–water partition coefficient (Wildman–Crippen LogP) is 2.06. The average Bonchev–Trinajstić information content (AvgIpc) is 2.20. The van der Waals surface area contributed by atoms with E-state index >= 15 is 0 Å². The Bertz CT molecular complexity index is 268. The van der Waals surface area contributed by atoms with Crippen LogP contribution in [-0.4, -0.2) is 30.6 Å². The minimum Gasteiger partial charge on any atom is -0.382 e. The number of rotatable bonds is 6. The van der Waals surface area contributed by atoms with Crippen molar-refractivity contribution in [2.45, 2.75) is 6.92 Å². The van der Waals surface area contributed by atoms with Gasteiger partial charge < -0.3 is 10.1 Å². The Kier molecular flexibility index (Phi) is 5.33. The van der Waals surface area contributed by atoms with Crippen LogP contribution in [0.15, 0.2) is 18.5 Å². The minimum atomic E-state index is 0.550. The van der Waals surface area contributed by atoms with E-state index in [1.165, 1.54) is 0 Å². The summed E-state index contributed by atoms with van der Waals surface area (Å²) in [6, 6.07) is 1.96. The third-order valence-electron chi connectivity index (χ3n) is 1.80. The molecule has 1 N–H and O–H groups in total. The maximum atomic E-state index is 5.47. The Labute approximate surface area is 89.4 Å². The molecule has 0 aliphatic carbocycles. The molecule has 0 saturated heterocycles. The first-order valence-corrected chi connectivity index (χ1v) is 5.16. The maximum Gasteiger partial charge on any atom is 0.0639 e. The van der Waals surface area contributed by atoms with Crippen LogP contribution in [-0.2, 0) is 4.74 Å². The predicted molar refractivity (Wildman–Crippen MR) is 59.0 cm³/mol. The lowest BCUT2D eigenvalue weighted by atomic mass is 10.2. The highest BCUT2D eigenvalue weighted by atomic mass is 35.5. The second-order valence-corrected chi connectivity index (χ2v) is 3.30. The van der Waals surface area contributed by atoms with Crippen molar-refractivity contribution in [1.82, 2.24) is 4.98 Å². The number of aryl methyl sites for hydroxylation is 1. The van der Waals surface area contributed by atoms with E-state index in [-0.39, 0.29) is 0 Å². The molecule has 4 heteroatoms. The number of hydrogen-bond acceptors (Lipinski definition) is 3. The van der Waals surface area contributed by atoms with Crippen molar-refractivity contribution in [3.8, 4) is 0 Å². The normalized spacial score (nSPS) is 10.1. The first kappa shape index (κ1) is 11.3. The van der Waals surface area contributed by atoms with E-state index in [4.69, 9.17) is 16.3 Å². The lowest BCUT2D eigenvalue weighted by Crippen LogP contribution is -2.11. The van der Waals surface area contributed by atoms with E-state index in [1.807, 2.05) is 19.2 Å². The van der Waals surface area contributed by atoms with Crippen molar-refractivity contribution in [1.29, 1.82) is 0 Å². The standard InChI is InChI=1S/C10H15ClN2O/c1-9-8-12-4-2-10(9)13-5-7-14-6-3-11/h2,4,8H,3,5-7H2,1H3,(H,12,13). The van der Waals surface area contributed by atoms with Crippen molar-refractivity contribution in [3.05, 3.63) is 24.0 Å². The van der Waals surface area contributed by atoms with Gasteiger partial charge in [0.25, 0.3) is 0 Å². The number of nitrogens with one attached hydrogen (secondary N) is 1. The van der Waals surface area contributed by atoms with Gasteiger partial charge in [0.05, 0.1) is 13.2 Å². The van der Waals surface area contributed by atoms with Crippen LogP contribution < -0.4 is 5.32 Å². The lowest BCUT2D eigenvalue weighted by Gasteiger charge is -2.08. The second kappa shape index (κ2) is 6.62. The van der Waals surface area contributed by atoms with Crippen LogP contribution in [0.4, 0.5) is 5.69 Å². The maximum absolute atomic E-state index is 5.47. The molecule has 0 bridgehead atoms. The van der Waals surface area contributed by atoms with Crippen molar-refractivity contribution in [2.24, 2.45) is 0 Å². The third kappa shape index (κ3) is 3.94. The van der Waals surface area contributed by atoms with Gasteiger partial charge in [-0.1, -0.05) is 0 Å². The number of anilines is 1. The summed E-state index contributed by atoms with van der Waals surface area (Å²) < 4.78 is 5.23. The molecular formula is C10H15ClN2O. The zero-order valence-corrected chi connectivity index (χ0v) is 9.05. The van der Waals surface area contributed by atoms with E-state index in [0.717, 1.165) is 17.8 Å². The van der Waals surface area contributed by atoms with Gasteiger partial charge in [0.1, 0.15) is 0 Å². The van der Waals surface area contributed by atoms with Crippen molar-refractivity contribution in [3.63, 3.8) is 0 Å².